The summed E-state index contributed by atoms with van der Waals surface area (Å²) in [4.78, 5) is 5.34. The lowest BCUT2D eigenvalue weighted by atomic mass is 10.1. The Bertz CT molecular complexity index is 597. The first kappa shape index (κ1) is 12.0. The van der Waals surface area contributed by atoms with Gasteiger partial charge in [0.1, 0.15) is 5.82 Å². The van der Waals surface area contributed by atoms with Crippen molar-refractivity contribution in [3.05, 3.63) is 54.2 Å². The maximum atomic E-state index is 4.41. The van der Waals surface area contributed by atoms with Gasteiger partial charge in [0.2, 0.25) is 5.96 Å². The van der Waals surface area contributed by atoms with E-state index in [1.54, 1.807) is 6.20 Å². The van der Waals surface area contributed by atoms with Crippen molar-refractivity contribution in [1.29, 1.82) is 0 Å². The van der Waals surface area contributed by atoms with E-state index in [1.165, 1.54) is 17.5 Å². The van der Waals surface area contributed by atoms with E-state index in [0.29, 0.717) is 0 Å². The zero-order valence-corrected chi connectivity index (χ0v) is 11.3. The molecule has 19 heavy (non-hydrogen) atoms. The second kappa shape index (κ2) is 5.32. The molecule has 96 valence electrons. The molecule has 1 aromatic carbocycles. The molecule has 2 aromatic rings. The molecule has 0 saturated heterocycles. The van der Waals surface area contributed by atoms with Crippen LogP contribution >= 0.6 is 11.9 Å². The fourth-order valence-electron chi connectivity index (χ4n) is 1.88. The lowest BCUT2D eigenvalue weighted by molar-refractivity contribution is 0.716. The summed E-state index contributed by atoms with van der Waals surface area (Å²) in [5.74, 6) is 1.60. The van der Waals surface area contributed by atoms with Crippen molar-refractivity contribution in [2.75, 3.05) is 5.32 Å². The van der Waals surface area contributed by atoms with E-state index in [-0.39, 0.29) is 6.04 Å². The molecular weight excluding hydrogens is 256 g/mol. The largest absolute Gasteiger partial charge is 0.349 e. The molecule has 0 aliphatic carbocycles. The first-order valence-electron chi connectivity index (χ1n) is 6.11. The number of benzene rings is 1. The maximum absolute atomic E-state index is 4.41. The quantitative estimate of drug-likeness (QED) is 0.823. The minimum Gasteiger partial charge on any atom is -0.349 e. The molecule has 1 aliphatic rings. The van der Waals surface area contributed by atoms with E-state index in [9.17, 15) is 0 Å². The number of hydrogen-bond acceptors (Lipinski definition) is 5. The Morgan fingerprint density at radius 2 is 2.00 bits per heavy atom. The van der Waals surface area contributed by atoms with Gasteiger partial charge in [-0.2, -0.15) is 4.40 Å². The van der Waals surface area contributed by atoms with E-state index in [0.717, 1.165) is 16.7 Å². The van der Waals surface area contributed by atoms with Crippen molar-refractivity contribution in [2.45, 2.75) is 17.9 Å². The van der Waals surface area contributed by atoms with Crippen molar-refractivity contribution >= 4 is 23.7 Å². The van der Waals surface area contributed by atoms with Gasteiger partial charge in [-0.1, -0.05) is 30.3 Å². The highest BCUT2D eigenvalue weighted by Crippen LogP contribution is 2.29. The number of nitrogens with one attached hydrogen (secondary N) is 2. The van der Waals surface area contributed by atoms with Crippen molar-refractivity contribution in [2.24, 2.45) is 4.40 Å². The number of pyridine rings is 1. The van der Waals surface area contributed by atoms with Gasteiger partial charge >= 0.3 is 0 Å². The molecule has 0 fully saturated rings. The molecule has 0 saturated carbocycles. The molecule has 1 atom stereocenters. The third-order valence-electron chi connectivity index (χ3n) is 2.90. The Morgan fingerprint density at radius 3 is 2.84 bits per heavy atom. The van der Waals surface area contributed by atoms with Crippen LogP contribution in [-0.2, 0) is 0 Å². The average Bonchev–Trinajstić information content (AvgIpc) is 2.48. The van der Waals surface area contributed by atoms with E-state index in [2.05, 4.69) is 39.1 Å². The normalized spacial score (nSPS) is 14.9. The minimum atomic E-state index is 0.193. The lowest BCUT2D eigenvalue weighted by Gasteiger charge is -2.21. The van der Waals surface area contributed by atoms with E-state index in [1.807, 2.05) is 30.3 Å². The summed E-state index contributed by atoms with van der Waals surface area (Å²) >= 11 is 1.43. The molecule has 1 aliphatic heterocycles. The molecule has 2 N–H and O–H groups in total. The summed E-state index contributed by atoms with van der Waals surface area (Å²) < 4.78 is 4.41. The van der Waals surface area contributed by atoms with Gasteiger partial charge in [-0.05, 0) is 24.6 Å². The van der Waals surface area contributed by atoms with Crippen LogP contribution in [0.4, 0.5) is 5.82 Å². The molecule has 0 spiro atoms. The topological polar surface area (TPSA) is 49.3 Å². The summed E-state index contributed by atoms with van der Waals surface area (Å²) in [5, 5.41) is 6.56. The van der Waals surface area contributed by atoms with Crippen LogP contribution in [0.1, 0.15) is 18.5 Å². The molecule has 4 nitrogen and oxygen atoms in total. The van der Waals surface area contributed by atoms with Crippen LogP contribution < -0.4 is 10.6 Å². The van der Waals surface area contributed by atoms with Gasteiger partial charge in [0.25, 0.3) is 0 Å². The highest BCUT2D eigenvalue weighted by atomic mass is 32.2. The lowest BCUT2D eigenvalue weighted by Crippen LogP contribution is -2.34. The van der Waals surface area contributed by atoms with Crippen LogP contribution in [0.3, 0.4) is 0 Å². The van der Waals surface area contributed by atoms with Crippen molar-refractivity contribution in [3.8, 4) is 0 Å². The third kappa shape index (κ3) is 2.71. The van der Waals surface area contributed by atoms with E-state index >= 15 is 0 Å². The van der Waals surface area contributed by atoms with Crippen LogP contribution in [0.25, 0.3) is 0 Å². The fourth-order valence-corrected chi connectivity index (χ4v) is 2.50. The Hall–Kier alpha value is -2.01. The van der Waals surface area contributed by atoms with Gasteiger partial charge in [0.05, 0.1) is 10.9 Å². The highest BCUT2D eigenvalue weighted by molar-refractivity contribution is 7.98. The van der Waals surface area contributed by atoms with Gasteiger partial charge in [-0.3, -0.25) is 0 Å². The zero-order valence-electron chi connectivity index (χ0n) is 10.5. The second-order valence-corrected chi connectivity index (χ2v) is 5.09. The van der Waals surface area contributed by atoms with Crippen molar-refractivity contribution in [1.82, 2.24) is 10.3 Å². The van der Waals surface area contributed by atoms with Gasteiger partial charge in [0, 0.05) is 18.1 Å². The van der Waals surface area contributed by atoms with Crippen LogP contribution in [0.2, 0.25) is 0 Å². The highest BCUT2D eigenvalue weighted by Gasteiger charge is 2.15. The first-order valence-corrected chi connectivity index (χ1v) is 6.89. The van der Waals surface area contributed by atoms with Crippen LogP contribution in [0, 0.1) is 0 Å². The van der Waals surface area contributed by atoms with Gasteiger partial charge < -0.3 is 10.6 Å². The van der Waals surface area contributed by atoms with E-state index in [4.69, 9.17) is 0 Å². The predicted octanol–water partition coefficient (Wildman–Crippen LogP) is 3.22. The average molecular weight is 270 g/mol. The smallest absolute Gasteiger partial charge is 0.209 e. The zero-order chi connectivity index (χ0) is 13.1. The number of anilines is 1. The minimum absolute atomic E-state index is 0.193. The molecule has 0 radical (unpaired) electrons. The first-order chi connectivity index (χ1) is 9.33. The van der Waals surface area contributed by atoms with Gasteiger partial charge in [-0.15, -0.1) is 0 Å². The standard InChI is InChI=1S/C14H14N4S/c1-10(11-6-3-2-4-7-11)16-14-17-13-12(19-18-14)8-5-9-15-13/h2-10H,1H3,(H2,15,16,17,18)/t10-/m1/s1. The molecule has 0 amide bonds. The van der Waals surface area contributed by atoms with Crippen LogP contribution in [0.5, 0.6) is 0 Å². The number of rotatable bonds is 2. The van der Waals surface area contributed by atoms with Crippen molar-refractivity contribution in [3.63, 3.8) is 0 Å². The Labute approximate surface area is 116 Å². The monoisotopic (exact) mass is 270 g/mol. The van der Waals surface area contributed by atoms with Crippen LogP contribution in [0.15, 0.2) is 58.0 Å². The van der Waals surface area contributed by atoms with Gasteiger partial charge in [-0.25, -0.2) is 4.98 Å². The summed E-state index contributed by atoms with van der Waals surface area (Å²) in [7, 11) is 0. The molecule has 0 unspecified atom stereocenters. The van der Waals surface area contributed by atoms with Gasteiger partial charge in [0.15, 0.2) is 0 Å². The summed E-state index contributed by atoms with van der Waals surface area (Å²) in [6.07, 6.45) is 1.77. The molecule has 0 bridgehead atoms. The number of hydrogen-bond donors (Lipinski definition) is 2. The number of aromatic nitrogens is 1. The predicted molar refractivity (Wildman–Crippen MR) is 79.1 cm³/mol. The van der Waals surface area contributed by atoms with Crippen LogP contribution in [-0.4, -0.2) is 10.9 Å². The second-order valence-electron chi connectivity index (χ2n) is 4.28. The summed E-state index contributed by atoms with van der Waals surface area (Å²) in [5.41, 5.74) is 1.23. The molecule has 1 aromatic heterocycles. The molecule has 2 heterocycles. The Kier molecular flexibility index (Phi) is 3.37. The maximum Gasteiger partial charge on any atom is 0.209 e. The van der Waals surface area contributed by atoms with Crippen molar-refractivity contribution < 1.29 is 0 Å². The molecular formula is C14H14N4S. The molecule has 3 rings (SSSR count). The number of guanidine groups is 1. The van der Waals surface area contributed by atoms with E-state index < -0.39 is 0 Å². The third-order valence-corrected chi connectivity index (χ3v) is 3.70. The SMILES string of the molecule is C[C@@H](NC1=NSc2cccnc2N1)c1ccccc1. The Balaban J connectivity index is 1.71. The fraction of sp³-hybridized carbons (Fsp3) is 0.143. The number of nitrogens with zero attached hydrogens (tertiary/aromatic N) is 2. The summed E-state index contributed by atoms with van der Waals surface area (Å²) in [6, 6.07) is 14.4. The Morgan fingerprint density at radius 1 is 1.16 bits per heavy atom. The summed E-state index contributed by atoms with van der Waals surface area (Å²) in [6.45, 7) is 2.11. The number of fused-ring (bicyclic) bond motifs is 1. The molecule has 5 heteroatoms.